The van der Waals surface area contributed by atoms with Crippen LogP contribution in [0.3, 0.4) is 0 Å². The fourth-order valence-electron chi connectivity index (χ4n) is 2.59. The zero-order chi connectivity index (χ0) is 20.2. The number of carbonyl (C=O) groups is 2. The van der Waals surface area contributed by atoms with Crippen LogP contribution in [0.5, 0.6) is 0 Å². The quantitative estimate of drug-likeness (QED) is 0.788. The molecule has 0 saturated heterocycles. The standard InChI is InChI=1S/C19H22N2O5S/c1-13(20-19(23)24)12-14-4-8-16(9-5-14)27(25,26)17-10-6-15(7-11-17)18(22)21(2)3/h4-11,13,20H,12H2,1-3H3,(H,23,24). The van der Waals surface area contributed by atoms with Gasteiger partial charge in [0.2, 0.25) is 9.84 Å². The number of hydrogen-bond donors (Lipinski definition) is 2. The average Bonchev–Trinajstić information content (AvgIpc) is 2.60. The predicted molar refractivity (Wildman–Crippen MR) is 101 cm³/mol. The lowest BCUT2D eigenvalue weighted by Gasteiger charge is -2.12. The van der Waals surface area contributed by atoms with Crippen molar-refractivity contribution in [1.29, 1.82) is 0 Å². The van der Waals surface area contributed by atoms with Crippen LogP contribution in [0, 0.1) is 0 Å². The Morgan fingerprint density at radius 3 is 1.93 bits per heavy atom. The van der Waals surface area contributed by atoms with E-state index in [2.05, 4.69) is 5.32 Å². The van der Waals surface area contributed by atoms with Crippen LogP contribution in [0.1, 0.15) is 22.8 Å². The van der Waals surface area contributed by atoms with Crippen LogP contribution in [0.25, 0.3) is 0 Å². The van der Waals surface area contributed by atoms with Crippen molar-refractivity contribution >= 4 is 21.8 Å². The average molecular weight is 390 g/mol. The SMILES string of the molecule is CC(Cc1ccc(S(=O)(=O)c2ccc(C(=O)N(C)C)cc2)cc1)NC(=O)O. The molecule has 8 heteroatoms. The van der Waals surface area contributed by atoms with Gasteiger partial charge in [0.15, 0.2) is 0 Å². The molecule has 27 heavy (non-hydrogen) atoms. The van der Waals surface area contributed by atoms with E-state index in [1.54, 1.807) is 33.2 Å². The summed E-state index contributed by atoms with van der Waals surface area (Å²) < 4.78 is 25.5. The van der Waals surface area contributed by atoms with E-state index in [4.69, 9.17) is 5.11 Å². The van der Waals surface area contributed by atoms with Crippen LogP contribution >= 0.6 is 0 Å². The van der Waals surface area contributed by atoms with E-state index in [9.17, 15) is 18.0 Å². The monoisotopic (exact) mass is 390 g/mol. The van der Waals surface area contributed by atoms with Gasteiger partial charge in [0.1, 0.15) is 0 Å². The molecule has 2 rings (SSSR count). The molecule has 7 nitrogen and oxygen atoms in total. The summed E-state index contributed by atoms with van der Waals surface area (Å²) in [4.78, 5) is 24.2. The van der Waals surface area contributed by atoms with Gasteiger partial charge in [-0.2, -0.15) is 0 Å². The molecule has 0 spiro atoms. The van der Waals surface area contributed by atoms with Gasteiger partial charge in [-0.1, -0.05) is 12.1 Å². The van der Waals surface area contributed by atoms with Gasteiger partial charge < -0.3 is 15.3 Å². The maximum absolute atomic E-state index is 12.7. The largest absolute Gasteiger partial charge is 0.465 e. The Labute approximate surface area is 158 Å². The van der Waals surface area contributed by atoms with Gasteiger partial charge in [-0.15, -0.1) is 0 Å². The van der Waals surface area contributed by atoms with Crippen molar-refractivity contribution in [2.24, 2.45) is 0 Å². The Balaban J connectivity index is 2.19. The molecule has 0 saturated carbocycles. The van der Waals surface area contributed by atoms with Crippen molar-refractivity contribution in [3.63, 3.8) is 0 Å². The lowest BCUT2D eigenvalue weighted by molar-refractivity contribution is 0.0827. The van der Waals surface area contributed by atoms with Crippen LogP contribution in [0.2, 0.25) is 0 Å². The summed E-state index contributed by atoms with van der Waals surface area (Å²) in [6, 6.07) is 11.8. The van der Waals surface area contributed by atoms with Crippen molar-refractivity contribution in [3.8, 4) is 0 Å². The number of carboxylic acid groups (broad SMARTS) is 1. The second-order valence-corrected chi connectivity index (χ2v) is 8.38. The second-order valence-electron chi connectivity index (χ2n) is 6.43. The third-order valence-electron chi connectivity index (χ3n) is 3.96. The Morgan fingerprint density at radius 2 is 1.48 bits per heavy atom. The number of nitrogens with zero attached hydrogens (tertiary/aromatic N) is 1. The van der Waals surface area contributed by atoms with E-state index in [1.807, 2.05) is 0 Å². The number of amides is 2. The van der Waals surface area contributed by atoms with Crippen LogP contribution in [0.4, 0.5) is 4.79 Å². The van der Waals surface area contributed by atoms with Crippen molar-refractivity contribution in [2.45, 2.75) is 29.2 Å². The topological polar surface area (TPSA) is 104 Å². The van der Waals surface area contributed by atoms with Gasteiger partial charge in [0, 0.05) is 25.7 Å². The number of nitrogens with one attached hydrogen (secondary N) is 1. The van der Waals surface area contributed by atoms with E-state index >= 15 is 0 Å². The zero-order valence-electron chi connectivity index (χ0n) is 15.3. The lowest BCUT2D eigenvalue weighted by Crippen LogP contribution is -2.32. The highest BCUT2D eigenvalue weighted by Gasteiger charge is 2.19. The molecule has 2 amide bonds. The molecule has 0 heterocycles. The van der Waals surface area contributed by atoms with Crippen LogP contribution < -0.4 is 5.32 Å². The van der Waals surface area contributed by atoms with Crippen LogP contribution in [0.15, 0.2) is 58.3 Å². The number of hydrogen-bond acceptors (Lipinski definition) is 4. The molecule has 2 aromatic rings. The maximum Gasteiger partial charge on any atom is 0.404 e. The molecule has 0 bridgehead atoms. The third-order valence-corrected chi connectivity index (χ3v) is 5.75. The van der Waals surface area contributed by atoms with Crippen molar-refractivity contribution in [1.82, 2.24) is 10.2 Å². The lowest BCUT2D eigenvalue weighted by atomic mass is 10.1. The molecule has 1 atom stereocenters. The van der Waals surface area contributed by atoms with Crippen molar-refractivity contribution in [3.05, 3.63) is 59.7 Å². The van der Waals surface area contributed by atoms with Gasteiger partial charge in [-0.3, -0.25) is 4.79 Å². The molecule has 144 valence electrons. The molecule has 0 aromatic heterocycles. The molecular weight excluding hydrogens is 368 g/mol. The molecular formula is C19H22N2O5S. The fraction of sp³-hybridized carbons (Fsp3) is 0.263. The van der Waals surface area contributed by atoms with Crippen molar-refractivity contribution in [2.75, 3.05) is 14.1 Å². The van der Waals surface area contributed by atoms with Gasteiger partial charge in [-0.05, 0) is 55.3 Å². The summed E-state index contributed by atoms with van der Waals surface area (Å²) >= 11 is 0. The van der Waals surface area contributed by atoms with Gasteiger partial charge in [0.05, 0.1) is 9.79 Å². The molecule has 2 aromatic carbocycles. The van der Waals surface area contributed by atoms with Gasteiger partial charge in [-0.25, -0.2) is 13.2 Å². The first-order chi connectivity index (χ1) is 12.6. The summed E-state index contributed by atoms with van der Waals surface area (Å²) in [6.07, 6.45) is -0.647. The Kier molecular flexibility index (Phi) is 6.22. The number of benzene rings is 2. The predicted octanol–water partition coefficient (Wildman–Crippen LogP) is 2.42. The van der Waals surface area contributed by atoms with E-state index in [1.165, 1.54) is 41.3 Å². The van der Waals surface area contributed by atoms with E-state index in [0.717, 1.165) is 5.56 Å². The number of rotatable bonds is 6. The molecule has 1 unspecified atom stereocenters. The normalized spacial score (nSPS) is 12.3. The first-order valence-electron chi connectivity index (χ1n) is 8.26. The first-order valence-corrected chi connectivity index (χ1v) is 9.75. The first kappa shape index (κ1) is 20.4. The summed E-state index contributed by atoms with van der Waals surface area (Å²) in [6.45, 7) is 1.73. The fourth-order valence-corrected chi connectivity index (χ4v) is 3.85. The van der Waals surface area contributed by atoms with E-state index < -0.39 is 15.9 Å². The van der Waals surface area contributed by atoms with Crippen LogP contribution in [-0.4, -0.2) is 50.6 Å². The van der Waals surface area contributed by atoms with Crippen LogP contribution in [-0.2, 0) is 16.3 Å². The second kappa shape index (κ2) is 8.22. The zero-order valence-corrected chi connectivity index (χ0v) is 16.2. The van der Waals surface area contributed by atoms with E-state index in [0.29, 0.717) is 12.0 Å². The minimum absolute atomic E-state index is 0.103. The Bertz CT molecular complexity index is 920. The van der Waals surface area contributed by atoms with Gasteiger partial charge in [0.25, 0.3) is 5.91 Å². The maximum atomic E-state index is 12.7. The Morgan fingerprint density at radius 1 is 1.00 bits per heavy atom. The summed E-state index contributed by atoms with van der Waals surface area (Å²) in [5, 5.41) is 11.1. The third kappa shape index (κ3) is 5.07. The summed E-state index contributed by atoms with van der Waals surface area (Å²) in [7, 11) is -0.448. The molecule has 0 aliphatic rings. The Hall–Kier alpha value is -2.87. The summed E-state index contributed by atoms with van der Waals surface area (Å²) in [5.74, 6) is -0.201. The van der Waals surface area contributed by atoms with E-state index in [-0.39, 0.29) is 21.7 Å². The molecule has 0 fully saturated rings. The highest BCUT2D eigenvalue weighted by molar-refractivity contribution is 7.91. The highest BCUT2D eigenvalue weighted by atomic mass is 32.2. The number of carbonyl (C=O) groups excluding carboxylic acids is 1. The molecule has 0 aliphatic heterocycles. The van der Waals surface area contributed by atoms with Crippen molar-refractivity contribution < 1.29 is 23.1 Å². The minimum atomic E-state index is -3.70. The molecule has 2 N–H and O–H groups in total. The summed E-state index contributed by atoms with van der Waals surface area (Å²) in [5.41, 5.74) is 1.23. The van der Waals surface area contributed by atoms with Gasteiger partial charge >= 0.3 is 6.09 Å². The smallest absolute Gasteiger partial charge is 0.404 e. The molecule has 0 aliphatic carbocycles. The molecule has 0 radical (unpaired) electrons. The minimum Gasteiger partial charge on any atom is -0.465 e. The highest BCUT2D eigenvalue weighted by Crippen LogP contribution is 2.22. The number of sulfone groups is 1.